The number of ether oxygens (including phenoxy) is 1. The summed E-state index contributed by atoms with van der Waals surface area (Å²) in [6.45, 7) is 3.40. The molecule has 7 nitrogen and oxygen atoms in total. The highest BCUT2D eigenvalue weighted by molar-refractivity contribution is 5.87. The maximum atomic E-state index is 12.0. The second kappa shape index (κ2) is 5.96. The minimum atomic E-state index is -0.720. The molecule has 3 rings (SSSR count). The summed E-state index contributed by atoms with van der Waals surface area (Å²) in [5, 5.41) is 0.485. The molecule has 1 atom stereocenters. The molecule has 0 aliphatic rings. The lowest BCUT2D eigenvalue weighted by atomic mass is 10.2. The third kappa shape index (κ3) is 3.08. The summed E-state index contributed by atoms with van der Waals surface area (Å²) in [5.74, 6) is -0.345. The van der Waals surface area contributed by atoms with Gasteiger partial charge in [-0.25, -0.2) is 14.8 Å². The third-order valence-electron chi connectivity index (χ3n) is 3.29. The predicted octanol–water partition coefficient (Wildman–Crippen LogP) is 1.94. The number of carbonyl (C=O) groups excluding carboxylic acids is 1. The first kappa shape index (κ1) is 14.8. The summed E-state index contributed by atoms with van der Waals surface area (Å²) in [6.07, 6.45) is 2.11. The Morgan fingerprint density at radius 2 is 2.00 bits per heavy atom. The molecule has 2 heterocycles. The molecule has 23 heavy (non-hydrogen) atoms. The number of nitrogens with one attached hydrogen (secondary N) is 1. The molecule has 1 N–H and O–H groups in total. The van der Waals surface area contributed by atoms with E-state index in [1.54, 1.807) is 38.1 Å². The van der Waals surface area contributed by atoms with Crippen LogP contribution in [0.2, 0.25) is 0 Å². The topological polar surface area (TPSA) is 97.8 Å². The van der Waals surface area contributed by atoms with Gasteiger partial charge in [-0.15, -0.1) is 0 Å². The second-order valence-corrected chi connectivity index (χ2v) is 5.06. The van der Waals surface area contributed by atoms with Crippen molar-refractivity contribution in [2.45, 2.75) is 20.0 Å². The van der Waals surface area contributed by atoms with Gasteiger partial charge >= 0.3 is 5.97 Å². The Morgan fingerprint density at radius 3 is 2.74 bits per heavy atom. The van der Waals surface area contributed by atoms with Crippen LogP contribution in [0.3, 0.4) is 0 Å². The lowest BCUT2D eigenvalue weighted by Gasteiger charge is -2.12. The number of benzene rings is 1. The Bertz CT molecular complexity index is 919. The van der Waals surface area contributed by atoms with Crippen LogP contribution >= 0.6 is 0 Å². The number of rotatable bonds is 3. The molecule has 0 fully saturated rings. The van der Waals surface area contributed by atoms with Crippen molar-refractivity contribution in [3.63, 3.8) is 0 Å². The Labute approximate surface area is 131 Å². The van der Waals surface area contributed by atoms with Gasteiger partial charge in [0.2, 0.25) is 0 Å². The van der Waals surface area contributed by atoms with E-state index in [1.807, 2.05) is 0 Å². The largest absolute Gasteiger partial charge is 0.450 e. The summed E-state index contributed by atoms with van der Waals surface area (Å²) in [5.41, 5.74) is 1.08. The van der Waals surface area contributed by atoms with Gasteiger partial charge in [0.1, 0.15) is 0 Å². The lowest BCUT2D eigenvalue weighted by Crippen LogP contribution is -2.18. The molecule has 0 aliphatic heterocycles. The van der Waals surface area contributed by atoms with Crippen LogP contribution in [0.5, 0.6) is 0 Å². The summed E-state index contributed by atoms with van der Waals surface area (Å²) < 4.78 is 5.29. The average Bonchev–Trinajstić information content (AvgIpc) is 2.55. The molecule has 0 aliphatic carbocycles. The molecule has 116 valence electrons. The van der Waals surface area contributed by atoms with E-state index in [0.29, 0.717) is 16.6 Å². The standard InChI is InChI=1S/C16H14N4O3/c1-9-7-18-13(8-17-9)16(22)23-10(2)14-19-12-6-4-3-5-11(12)15(21)20-14/h3-8,10H,1-2H3,(H,19,20,21). The fourth-order valence-corrected chi connectivity index (χ4v) is 2.07. The number of nitrogens with zero attached hydrogens (tertiary/aromatic N) is 3. The lowest BCUT2D eigenvalue weighted by molar-refractivity contribution is 0.0312. The number of H-pyrrole nitrogens is 1. The molecule has 0 amide bonds. The number of hydrogen-bond acceptors (Lipinski definition) is 6. The van der Waals surface area contributed by atoms with Gasteiger partial charge in [0.05, 0.1) is 22.8 Å². The van der Waals surface area contributed by atoms with Crippen LogP contribution in [-0.2, 0) is 4.74 Å². The Hall–Kier alpha value is -3.09. The predicted molar refractivity (Wildman–Crippen MR) is 83.0 cm³/mol. The Morgan fingerprint density at radius 1 is 1.22 bits per heavy atom. The Balaban J connectivity index is 1.85. The number of aromatic nitrogens is 4. The highest BCUT2D eigenvalue weighted by Crippen LogP contribution is 2.15. The molecule has 0 spiro atoms. The van der Waals surface area contributed by atoms with Crippen molar-refractivity contribution in [2.75, 3.05) is 0 Å². The van der Waals surface area contributed by atoms with Crippen molar-refractivity contribution in [3.05, 3.63) is 64.2 Å². The van der Waals surface area contributed by atoms with Gasteiger partial charge < -0.3 is 9.72 Å². The zero-order valence-corrected chi connectivity index (χ0v) is 12.6. The molecule has 3 aromatic rings. The highest BCUT2D eigenvalue weighted by atomic mass is 16.5. The zero-order chi connectivity index (χ0) is 16.4. The average molecular weight is 310 g/mol. The molecule has 2 aromatic heterocycles. The first-order valence-electron chi connectivity index (χ1n) is 7.03. The number of aryl methyl sites for hydroxylation is 1. The van der Waals surface area contributed by atoms with Crippen LogP contribution in [0.25, 0.3) is 10.9 Å². The van der Waals surface area contributed by atoms with Crippen LogP contribution < -0.4 is 5.56 Å². The fraction of sp³-hybridized carbons (Fsp3) is 0.188. The van der Waals surface area contributed by atoms with Gasteiger partial charge in [-0.1, -0.05) is 12.1 Å². The summed E-state index contributed by atoms with van der Waals surface area (Å²) in [6, 6.07) is 6.97. The van der Waals surface area contributed by atoms with Crippen molar-refractivity contribution in [3.8, 4) is 0 Å². The van der Waals surface area contributed by atoms with Crippen molar-refractivity contribution in [1.29, 1.82) is 0 Å². The van der Waals surface area contributed by atoms with Crippen molar-refractivity contribution in [2.24, 2.45) is 0 Å². The first-order valence-corrected chi connectivity index (χ1v) is 7.03. The normalized spacial score (nSPS) is 12.1. The quantitative estimate of drug-likeness (QED) is 0.742. The summed E-state index contributed by atoms with van der Waals surface area (Å²) in [7, 11) is 0. The van der Waals surface area contributed by atoms with E-state index >= 15 is 0 Å². The van der Waals surface area contributed by atoms with Gasteiger partial charge in [-0.05, 0) is 26.0 Å². The van der Waals surface area contributed by atoms with Crippen LogP contribution in [0.4, 0.5) is 0 Å². The number of aromatic amines is 1. The number of hydrogen-bond donors (Lipinski definition) is 1. The van der Waals surface area contributed by atoms with Crippen molar-refractivity contribution in [1.82, 2.24) is 19.9 Å². The molecule has 0 saturated carbocycles. The summed E-state index contributed by atoms with van der Waals surface area (Å²) >= 11 is 0. The van der Waals surface area contributed by atoms with Gasteiger partial charge in [0.25, 0.3) is 5.56 Å². The van der Waals surface area contributed by atoms with Crippen LogP contribution in [-0.4, -0.2) is 25.9 Å². The fourth-order valence-electron chi connectivity index (χ4n) is 2.07. The van der Waals surface area contributed by atoms with Gasteiger partial charge in [-0.2, -0.15) is 0 Å². The smallest absolute Gasteiger partial charge is 0.359 e. The van der Waals surface area contributed by atoms with E-state index in [1.165, 1.54) is 12.4 Å². The maximum absolute atomic E-state index is 12.0. The second-order valence-electron chi connectivity index (χ2n) is 5.06. The van der Waals surface area contributed by atoms with Crippen molar-refractivity contribution < 1.29 is 9.53 Å². The number of esters is 1. The number of para-hydroxylation sites is 1. The molecule has 0 saturated heterocycles. The molecule has 7 heteroatoms. The molecular weight excluding hydrogens is 296 g/mol. The molecular formula is C16H14N4O3. The SMILES string of the molecule is Cc1cnc(C(=O)OC(C)c2nc3ccccc3c(=O)[nH]2)cn1. The van der Waals surface area contributed by atoms with Crippen LogP contribution in [0.1, 0.15) is 35.0 Å². The minimum absolute atomic E-state index is 0.102. The molecule has 1 unspecified atom stereocenters. The van der Waals surface area contributed by atoms with Gasteiger partial charge in [0.15, 0.2) is 17.6 Å². The van der Waals surface area contributed by atoms with Crippen molar-refractivity contribution >= 4 is 16.9 Å². The monoisotopic (exact) mass is 310 g/mol. The van der Waals surface area contributed by atoms with E-state index in [2.05, 4.69) is 19.9 Å². The number of fused-ring (bicyclic) bond motifs is 1. The molecule has 0 bridgehead atoms. The van der Waals surface area contributed by atoms with Crippen LogP contribution in [0, 0.1) is 6.92 Å². The molecule has 0 radical (unpaired) electrons. The highest BCUT2D eigenvalue weighted by Gasteiger charge is 2.18. The van der Waals surface area contributed by atoms with Gasteiger partial charge in [0, 0.05) is 6.20 Å². The van der Waals surface area contributed by atoms with Crippen LogP contribution in [0.15, 0.2) is 41.5 Å². The summed E-state index contributed by atoms with van der Waals surface area (Å²) in [4.78, 5) is 39.0. The van der Waals surface area contributed by atoms with E-state index in [4.69, 9.17) is 4.74 Å². The number of carbonyl (C=O) groups is 1. The maximum Gasteiger partial charge on any atom is 0.359 e. The Kier molecular flexibility index (Phi) is 3.84. The molecule has 1 aromatic carbocycles. The minimum Gasteiger partial charge on any atom is -0.450 e. The third-order valence-corrected chi connectivity index (χ3v) is 3.29. The van der Waals surface area contributed by atoms with Gasteiger partial charge in [-0.3, -0.25) is 9.78 Å². The zero-order valence-electron chi connectivity index (χ0n) is 12.6. The first-order chi connectivity index (χ1) is 11.0. The van der Waals surface area contributed by atoms with E-state index < -0.39 is 12.1 Å². The van der Waals surface area contributed by atoms with E-state index in [9.17, 15) is 9.59 Å². The van der Waals surface area contributed by atoms with E-state index in [-0.39, 0.29) is 17.1 Å². The van der Waals surface area contributed by atoms with E-state index in [0.717, 1.165) is 0 Å².